The minimum Gasteiger partial charge on any atom is -0.317 e. The molecule has 2 rings (SSSR count). The topological polar surface area (TPSA) is 12.0 Å². The van der Waals surface area contributed by atoms with Gasteiger partial charge in [0.1, 0.15) is 0 Å². The molecule has 0 unspecified atom stereocenters. The van der Waals surface area contributed by atoms with Gasteiger partial charge in [-0.2, -0.15) is 0 Å². The number of rotatable bonds is 4. The summed E-state index contributed by atoms with van der Waals surface area (Å²) in [5, 5.41) is 3.42. The van der Waals surface area contributed by atoms with Gasteiger partial charge in [0.25, 0.3) is 0 Å². The largest absolute Gasteiger partial charge is 0.317 e. The van der Waals surface area contributed by atoms with E-state index in [1.165, 1.54) is 49.9 Å². The van der Waals surface area contributed by atoms with Crippen LogP contribution in [0.1, 0.15) is 36.8 Å². The lowest BCUT2D eigenvalue weighted by atomic mass is 9.91. The van der Waals surface area contributed by atoms with Crippen molar-refractivity contribution in [1.29, 1.82) is 0 Å². The summed E-state index contributed by atoms with van der Waals surface area (Å²) in [6.07, 6.45) is 7.71. The standard InChI is InChI=1S/C15H22N/c1-13-5-2-3-7-15(13)8-4-6-14-9-11-16-12-10-14/h2-3,5,7-8,14,16H,4,6,9-12H2,1H3. The van der Waals surface area contributed by atoms with Crippen molar-refractivity contribution >= 4 is 0 Å². The first-order chi connectivity index (χ1) is 7.86. The highest BCUT2D eigenvalue weighted by Gasteiger charge is 2.12. The first kappa shape index (κ1) is 11.7. The quantitative estimate of drug-likeness (QED) is 0.814. The first-order valence-corrected chi connectivity index (χ1v) is 6.46. The minimum absolute atomic E-state index is 0.946. The summed E-state index contributed by atoms with van der Waals surface area (Å²) in [7, 11) is 0. The van der Waals surface area contributed by atoms with Gasteiger partial charge in [-0.05, 0) is 69.2 Å². The van der Waals surface area contributed by atoms with Gasteiger partial charge in [0.15, 0.2) is 0 Å². The van der Waals surface area contributed by atoms with E-state index in [9.17, 15) is 0 Å². The lowest BCUT2D eigenvalue weighted by Crippen LogP contribution is -2.27. The molecule has 0 atom stereocenters. The van der Waals surface area contributed by atoms with E-state index in [0.29, 0.717) is 0 Å². The van der Waals surface area contributed by atoms with E-state index < -0.39 is 0 Å². The van der Waals surface area contributed by atoms with E-state index in [0.717, 1.165) is 5.92 Å². The molecule has 0 amide bonds. The van der Waals surface area contributed by atoms with Gasteiger partial charge in [-0.25, -0.2) is 0 Å². The smallest absolute Gasteiger partial charge is 0.00463 e. The molecule has 1 nitrogen and oxygen atoms in total. The molecule has 0 aromatic heterocycles. The van der Waals surface area contributed by atoms with Crippen molar-refractivity contribution < 1.29 is 0 Å². The third-order valence-corrected chi connectivity index (χ3v) is 3.59. The molecule has 16 heavy (non-hydrogen) atoms. The van der Waals surface area contributed by atoms with Gasteiger partial charge < -0.3 is 5.32 Å². The fourth-order valence-electron chi connectivity index (χ4n) is 2.46. The summed E-state index contributed by atoms with van der Waals surface area (Å²) in [6, 6.07) is 8.65. The highest BCUT2D eigenvalue weighted by atomic mass is 14.9. The molecule has 1 saturated heterocycles. The molecule has 1 aromatic rings. The summed E-state index contributed by atoms with van der Waals surface area (Å²) < 4.78 is 0. The Bertz CT molecular complexity index is 313. The van der Waals surface area contributed by atoms with Crippen LogP contribution in [0.25, 0.3) is 0 Å². The summed E-state index contributed by atoms with van der Waals surface area (Å²) in [4.78, 5) is 0. The zero-order valence-corrected chi connectivity index (χ0v) is 10.2. The van der Waals surface area contributed by atoms with E-state index in [-0.39, 0.29) is 0 Å². The minimum atomic E-state index is 0.946. The molecule has 1 heterocycles. The molecule has 1 heteroatoms. The molecule has 87 valence electrons. The Morgan fingerprint density at radius 1 is 1.25 bits per heavy atom. The van der Waals surface area contributed by atoms with Crippen LogP contribution in [0.2, 0.25) is 0 Å². The molecule has 0 bridgehead atoms. The molecule has 1 aromatic carbocycles. The molecular formula is C15H22N. The average molecular weight is 216 g/mol. The second-order valence-electron chi connectivity index (χ2n) is 4.83. The van der Waals surface area contributed by atoms with E-state index >= 15 is 0 Å². The number of benzene rings is 1. The molecule has 1 N–H and O–H groups in total. The van der Waals surface area contributed by atoms with Crippen molar-refractivity contribution in [1.82, 2.24) is 5.32 Å². The van der Waals surface area contributed by atoms with Crippen LogP contribution in [0.15, 0.2) is 24.3 Å². The second-order valence-corrected chi connectivity index (χ2v) is 4.83. The normalized spacial score (nSPS) is 17.6. The average Bonchev–Trinajstić information content (AvgIpc) is 2.33. The van der Waals surface area contributed by atoms with Crippen molar-refractivity contribution in [3.8, 4) is 0 Å². The number of hydrogen-bond donors (Lipinski definition) is 1. The van der Waals surface area contributed by atoms with E-state index in [1.54, 1.807) is 0 Å². The maximum Gasteiger partial charge on any atom is -0.00463 e. The van der Waals surface area contributed by atoms with Crippen LogP contribution < -0.4 is 5.32 Å². The third kappa shape index (κ3) is 3.34. The maximum atomic E-state index is 3.42. The Kier molecular flexibility index (Phi) is 4.41. The Balaban J connectivity index is 1.73. The fraction of sp³-hybridized carbons (Fsp3) is 0.533. The molecular weight excluding hydrogens is 194 g/mol. The van der Waals surface area contributed by atoms with E-state index in [4.69, 9.17) is 0 Å². The Morgan fingerprint density at radius 3 is 2.75 bits per heavy atom. The fourth-order valence-corrected chi connectivity index (χ4v) is 2.46. The van der Waals surface area contributed by atoms with Gasteiger partial charge in [0.2, 0.25) is 0 Å². The van der Waals surface area contributed by atoms with Crippen molar-refractivity contribution in [2.24, 2.45) is 5.92 Å². The summed E-state index contributed by atoms with van der Waals surface area (Å²) in [5.74, 6) is 0.946. The molecule has 1 aliphatic rings. The van der Waals surface area contributed by atoms with Gasteiger partial charge in [-0.1, -0.05) is 24.3 Å². The number of nitrogens with one attached hydrogen (secondary N) is 1. The van der Waals surface area contributed by atoms with Crippen molar-refractivity contribution in [3.05, 3.63) is 41.8 Å². The number of piperidine rings is 1. The Hall–Kier alpha value is -0.820. The Labute approximate surface area is 99.3 Å². The maximum absolute atomic E-state index is 3.42. The van der Waals surface area contributed by atoms with Crippen molar-refractivity contribution in [2.75, 3.05) is 13.1 Å². The SMILES string of the molecule is Cc1ccccc1[CH]CCC1CCNCC1. The van der Waals surface area contributed by atoms with Gasteiger partial charge >= 0.3 is 0 Å². The van der Waals surface area contributed by atoms with Crippen LogP contribution in [-0.2, 0) is 0 Å². The van der Waals surface area contributed by atoms with Crippen LogP contribution in [0.5, 0.6) is 0 Å². The van der Waals surface area contributed by atoms with Crippen molar-refractivity contribution in [3.63, 3.8) is 0 Å². The predicted octanol–water partition coefficient (Wildman–Crippen LogP) is 3.33. The van der Waals surface area contributed by atoms with Crippen LogP contribution in [0.4, 0.5) is 0 Å². The lowest BCUT2D eigenvalue weighted by molar-refractivity contribution is 0.354. The van der Waals surface area contributed by atoms with Gasteiger partial charge in [-0.15, -0.1) is 0 Å². The van der Waals surface area contributed by atoms with Crippen LogP contribution in [0, 0.1) is 19.3 Å². The Morgan fingerprint density at radius 2 is 2.00 bits per heavy atom. The molecule has 0 aliphatic carbocycles. The zero-order valence-electron chi connectivity index (χ0n) is 10.2. The van der Waals surface area contributed by atoms with Crippen LogP contribution in [-0.4, -0.2) is 13.1 Å². The third-order valence-electron chi connectivity index (χ3n) is 3.59. The summed E-state index contributed by atoms with van der Waals surface area (Å²) in [6.45, 7) is 4.63. The molecule has 0 spiro atoms. The zero-order chi connectivity index (χ0) is 11.2. The van der Waals surface area contributed by atoms with Gasteiger partial charge in [-0.3, -0.25) is 0 Å². The molecule has 0 saturated carbocycles. The predicted molar refractivity (Wildman–Crippen MR) is 69.4 cm³/mol. The van der Waals surface area contributed by atoms with E-state index in [2.05, 4.69) is 42.9 Å². The van der Waals surface area contributed by atoms with Crippen LogP contribution >= 0.6 is 0 Å². The molecule has 1 aliphatic heterocycles. The van der Waals surface area contributed by atoms with Gasteiger partial charge in [0.05, 0.1) is 0 Å². The highest BCUT2D eigenvalue weighted by Crippen LogP contribution is 2.21. The van der Waals surface area contributed by atoms with Gasteiger partial charge in [0, 0.05) is 0 Å². The van der Waals surface area contributed by atoms with Crippen molar-refractivity contribution in [2.45, 2.75) is 32.6 Å². The van der Waals surface area contributed by atoms with Crippen LogP contribution in [0.3, 0.4) is 0 Å². The highest BCUT2D eigenvalue weighted by molar-refractivity contribution is 5.31. The van der Waals surface area contributed by atoms with E-state index in [1.807, 2.05) is 0 Å². The monoisotopic (exact) mass is 216 g/mol. The lowest BCUT2D eigenvalue weighted by Gasteiger charge is -2.22. The summed E-state index contributed by atoms with van der Waals surface area (Å²) >= 11 is 0. The molecule has 1 radical (unpaired) electrons. The number of hydrogen-bond acceptors (Lipinski definition) is 1. The summed E-state index contributed by atoms with van der Waals surface area (Å²) in [5.41, 5.74) is 2.81. The first-order valence-electron chi connectivity index (χ1n) is 6.46. The molecule has 1 fully saturated rings. The number of aryl methyl sites for hydroxylation is 1. The second kappa shape index (κ2) is 6.05.